The third kappa shape index (κ3) is 5.61. The molecular formula is C22H23N3O2S. The quantitative estimate of drug-likeness (QED) is 0.803. The summed E-state index contributed by atoms with van der Waals surface area (Å²) in [5.74, 6) is 0.962. The lowest BCUT2D eigenvalue weighted by atomic mass is 10.1. The van der Waals surface area contributed by atoms with Crippen LogP contribution >= 0.6 is 11.8 Å². The van der Waals surface area contributed by atoms with Crippen molar-refractivity contribution in [3.8, 4) is 6.07 Å². The molecule has 0 atom stereocenters. The number of nitrogens with zero attached hydrogens (tertiary/aromatic N) is 2. The van der Waals surface area contributed by atoms with Crippen LogP contribution in [0.5, 0.6) is 0 Å². The Hall–Kier alpha value is -2.78. The number of rotatable bonds is 6. The number of benzene rings is 2. The van der Waals surface area contributed by atoms with E-state index in [0.717, 1.165) is 31.5 Å². The number of nitriles is 1. The first-order chi connectivity index (χ1) is 13.7. The van der Waals surface area contributed by atoms with Crippen LogP contribution in [0.1, 0.15) is 40.7 Å². The van der Waals surface area contributed by atoms with E-state index in [4.69, 9.17) is 5.26 Å². The highest BCUT2D eigenvalue weighted by Gasteiger charge is 2.18. The first-order valence-corrected chi connectivity index (χ1v) is 10.6. The summed E-state index contributed by atoms with van der Waals surface area (Å²) in [6.45, 7) is 1.61. The number of carbonyl (C=O) groups is 2. The second-order valence-electron chi connectivity index (χ2n) is 6.78. The largest absolute Gasteiger partial charge is 0.339 e. The molecule has 1 N–H and O–H groups in total. The van der Waals surface area contributed by atoms with E-state index in [0.29, 0.717) is 28.3 Å². The fourth-order valence-electron chi connectivity index (χ4n) is 3.14. The summed E-state index contributed by atoms with van der Waals surface area (Å²) in [6.07, 6.45) is 3.29. The monoisotopic (exact) mass is 393 g/mol. The zero-order chi connectivity index (χ0) is 19.8. The van der Waals surface area contributed by atoms with Gasteiger partial charge in [-0.3, -0.25) is 9.59 Å². The number of anilines is 1. The summed E-state index contributed by atoms with van der Waals surface area (Å²) in [4.78, 5) is 26.7. The van der Waals surface area contributed by atoms with Crippen LogP contribution in [0.25, 0.3) is 0 Å². The molecule has 1 saturated heterocycles. The van der Waals surface area contributed by atoms with E-state index in [1.165, 1.54) is 18.2 Å². The Morgan fingerprint density at radius 1 is 1.07 bits per heavy atom. The molecule has 0 saturated carbocycles. The Bertz CT molecular complexity index is 868. The van der Waals surface area contributed by atoms with Gasteiger partial charge in [-0.05, 0) is 55.2 Å². The molecule has 3 rings (SSSR count). The Balaban J connectivity index is 1.49. The maximum atomic E-state index is 12.6. The average molecular weight is 394 g/mol. The van der Waals surface area contributed by atoms with Crippen molar-refractivity contribution >= 4 is 29.3 Å². The first-order valence-electron chi connectivity index (χ1n) is 9.42. The van der Waals surface area contributed by atoms with Crippen LogP contribution in [0.2, 0.25) is 0 Å². The first kappa shape index (κ1) is 20.0. The molecule has 1 aliphatic heterocycles. The smallest absolute Gasteiger partial charge is 0.253 e. The van der Waals surface area contributed by atoms with E-state index < -0.39 is 0 Å². The van der Waals surface area contributed by atoms with Crippen molar-refractivity contribution in [3.05, 3.63) is 65.2 Å². The lowest BCUT2D eigenvalue weighted by Crippen LogP contribution is -2.35. The highest BCUT2D eigenvalue weighted by Crippen LogP contribution is 2.18. The predicted molar refractivity (Wildman–Crippen MR) is 112 cm³/mol. The number of amides is 2. The summed E-state index contributed by atoms with van der Waals surface area (Å²) >= 11 is 1.51. The molecule has 0 unspecified atom stereocenters. The van der Waals surface area contributed by atoms with Gasteiger partial charge >= 0.3 is 0 Å². The second kappa shape index (κ2) is 9.95. The number of nitrogens with one attached hydrogen (secondary N) is 1. The van der Waals surface area contributed by atoms with Gasteiger partial charge in [0.15, 0.2) is 0 Å². The van der Waals surface area contributed by atoms with Gasteiger partial charge in [0, 0.05) is 30.1 Å². The van der Waals surface area contributed by atoms with Crippen LogP contribution in [0.3, 0.4) is 0 Å². The number of piperidine rings is 1. The van der Waals surface area contributed by atoms with Gasteiger partial charge in [-0.15, -0.1) is 11.8 Å². The van der Waals surface area contributed by atoms with Crippen molar-refractivity contribution in [2.45, 2.75) is 25.0 Å². The normalized spacial score (nSPS) is 13.6. The Morgan fingerprint density at radius 2 is 1.82 bits per heavy atom. The van der Waals surface area contributed by atoms with E-state index >= 15 is 0 Å². The molecule has 1 aliphatic rings. The molecular weight excluding hydrogens is 370 g/mol. The average Bonchev–Trinajstić information content (AvgIpc) is 2.74. The van der Waals surface area contributed by atoms with Crippen LogP contribution in [0.4, 0.5) is 5.69 Å². The maximum Gasteiger partial charge on any atom is 0.253 e. The van der Waals surface area contributed by atoms with Crippen LogP contribution in [0, 0.1) is 11.3 Å². The lowest BCUT2D eigenvalue weighted by Gasteiger charge is -2.26. The highest BCUT2D eigenvalue weighted by molar-refractivity contribution is 7.99. The van der Waals surface area contributed by atoms with E-state index in [1.807, 2.05) is 17.0 Å². The Kier molecular flexibility index (Phi) is 7.10. The predicted octanol–water partition coefficient (Wildman–Crippen LogP) is 4.06. The topological polar surface area (TPSA) is 73.2 Å². The second-order valence-corrected chi connectivity index (χ2v) is 7.77. The van der Waals surface area contributed by atoms with Crippen LogP contribution < -0.4 is 5.32 Å². The molecule has 1 fully saturated rings. The minimum Gasteiger partial charge on any atom is -0.339 e. The minimum absolute atomic E-state index is 0.0333. The number of hydrogen-bond donors (Lipinski definition) is 1. The fraction of sp³-hybridized carbons (Fsp3) is 0.318. The number of hydrogen-bond acceptors (Lipinski definition) is 4. The van der Waals surface area contributed by atoms with E-state index in [9.17, 15) is 9.59 Å². The summed E-state index contributed by atoms with van der Waals surface area (Å²) in [6, 6.07) is 16.6. The van der Waals surface area contributed by atoms with Gasteiger partial charge in [-0.2, -0.15) is 5.26 Å². The van der Waals surface area contributed by atoms with Crippen molar-refractivity contribution in [1.82, 2.24) is 4.90 Å². The molecule has 0 radical (unpaired) electrons. The van der Waals surface area contributed by atoms with Gasteiger partial charge < -0.3 is 10.2 Å². The molecule has 1 heterocycles. The SMILES string of the molecule is N#Cc1ccc(CSCC(=O)Nc2cccc(C(=O)N3CCCCC3)c2)cc1. The van der Waals surface area contributed by atoms with Crippen molar-refractivity contribution in [1.29, 1.82) is 5.26 Å². The van der Waals surface area contributed by atoms with Gasteiger partial charge in [0.1, 0.15) is 0 Å². The van der Waals surface area contributed by atoms with Crippen LogP contribution in [-0.2, 0) is 10.5 Å². The highest BCUT2D eigenvalue weighted by atomic mass is 32.2. The number of thioether (sulfide) groups is 1. The Morgan fingerprint density at radius 3 is 2.54 bits per heavy atom. The van der Waals surface area contributed by atoms with Crippen molar-refractivity contribution in [3.63, 3.8) is 0 Å². The fourth-order valence-corrected chi connectivity index (χ4v) is 3.93. The third-order valence-electron chi connectivity index (χ3n) is 4.62. The van der Waals surface area contributed by atoms with Gasteiger partial charge in [-0.25, -0.2) is 0 Å². The zero-order valence-corrected chi connectivity index (χ0v) is 16.5. The molecule has 0 spiro atoms. The molecule has 5 nitrogen and oxygen atoms in total. The molecule has 0 aromatic heterocycles. The molecule has 2 aromatic rings. The number of carbonyl (C=O) groups excluding carboxylic acids is 2. The summed E-state index contributed by atoms with van der Waals surface area (Å²) in [5, 5.41) is 11.7. The van der Waals surface area contributed by atoms with Crippen molar-refractivity contribution in [2.24, 2.45) is 0 Å². The van der Waals surface area contributed by atoms with Gasteiger partial charge in [0.25, 0.3) is 5.91 Å². The van der Waals surface area contributed by atoms with Gasteiger partial charge in [0.05, 0.1) is 17.4 Å². The molecule has 144 valence electrons. The molecule has 28 heavy (non-hydrogen) atoms. The number of likely N-dealkylation sites (tertiary alicyclic amines) is 1. The van der Waals surface area contributed by atoms with E-state index in [-0.39, 0.29) is 11.8 Å². The molecule has 0 aliphatic carbocycles. The van der Waals surface area contributed by atoms with Crippen LogP contribution in [-0.4, -0.2) is 35.6 Å². The summed E-state index contributed by atoms with van der Waals surface area (Å²) in [7, 11) is 0. The maximum absolute atomic E-state index is 12.6. The Labute approximate surface area is 169 Å². The molecule has 2 aromatic carbocycles. The molecule has 6 heteroatoms. The third-order valence-corrected chi connectivity index (χ3v) is 5.63. The van der Waals surface area contributed by atoms with Crippen molar-refractivity contribution in [2.75, 3.05) is 24.2 Å². The van der Waals surface area contributed by atoms with Crippen molar-refractivity contribution < 1.29 is 9.59 Å². The van der Waals surface area contributed by atoms with Gasteiger partial charge in [0.2, 0.25) is 5.91 Å². The minimum atomic E-state index is -0.0961. The summed E-state index contributed by atoms with van der Waals surface area (Å²) in [5.41, 5.74) is 2.97. The van der Waals surface area contributed by atoms with E-state index in [2.05, 4.69) is 11.4 Å². The standard InChI is InChI=1S/C22H23N3O2S/c23-14-17-7-9-18(10-8-17)15-28-16-21(26)24-20-6-4-5-19(13-20)22(27)25-11-2-1-3-12-25/h4-10,13H,1-3,11-12,15-16H2,(H,24,26). The van der Waals surface area contributed by atoms with Crippen LogP contribution in [0.15, 0.2) is 48.5 Å². The van der Waals surface area contributed by atoms with Gasteiger partial charge in [-0.1, -0.05) is 18.2 Å². The van der Waals surface area contributed by atoms with E-state index in [1.54, 1.807) is 36.4 Å². The lowest BCUT2D eigenvalue weighted by molar-refractivity contribution is -0.113. The summed E-state index contributed by atoms with van der Waals surface area (Å²) < 4.78 is 0. The molecule has 2 amide bonds. The molecule has 0 bridgehead atoms. The zero-order valence-electron chi connectivity index (χ0n) is 15.7.